The zero-order valence-corrected chi connectivity index (χ0v) is 12.0. The molecule has 0 aliphatic carbocycles. The molecule has 0 spiro atoms. The average molecular weight is 307 g/mol. The second-order valence-corrected chi connectivity index (χ2v) is 5.24. The molecule has 0 atom stereocenters. The van der Waals surface area contributed by atoms with Crippen LogP contribution in [-0.2, 0) is 13.1 Å². The van der Waals surface area contributed by atoms with E-state index < -0.39 is 10.9 Å². The van der Waals surface area contributed by atoms with Crippen LogP contribution < -0.4 is 0 Å². The molecular weight excluding hydrogens is 294 g/mol. The summed E-state index contributed by atoms with van der Waals surface area (Å²) in [5.74, 6) is -1.29. The molecule has 21 heavy (non-hydrogen) atoms. The number of nitro benzene ring substituents is 1. The van der Waals surface area contributed by atoms with E-state index in [0.29, 0.717) is 18.7 Å². The molecule has 0 unspecified atom stereocenters. The van der Waals surface area contributed by atoms with E-state index in [1.807, 2.05) is 17.3 Å². The van der Waals surface area contributed by atoms with E-state index in [9.17, 15) is 20.0 Å². The monoisotopic (exact) mass is 307 g/mol. The normalized spacial score (nSPS) is 10.8. The fraction of sp³-hybridized carbons (Fsp3) is 0.231. The molecule has 7 nitrogen and oxygen atoms in total. The summed E-state index contributed by atoms with van der Waals surface area (Å²) in [6, 6.07) is 4.29. The molecule has 0 saturated heterocycles. The van der Waals surface area contributed by atoms with Gasteiger partial charge < -0.3 is 5.11 Å². The first-order chi connectivity index (χ1) is 9.99. The molecule has 1 heterocycles. The largest absolute Gasteiger partial charge is 0.477 e. The van der Waals surface area contributed by atoms with Gasteiger partial charge in [0.05, 0.1) is 16.1 Å². The Bertz CT molecular complexity index is 657. The Hall–Kier alpha value is -2.32. The summed E-state index contributed by atoms with van der Waals surface area (Å²) < 4.78 is 0. The third-order valence-electron chi connectivity index (χ3n) is 2.89. The number of hydrogen-bond acceptors (Lipinski definition) is 6. The molecule has 1 aromatic heterocycles. The minimum absolute atomic E-state index is 0.257. The van der Waals surface area contributed by atoms with Gasteiger partial charge in [-0.25, -0.2) is 9.78 Å². The number of benzene rings is 1. The molecule has 110 valence electrons. The van der Waals surface area contributed by atoms with Crippen molar-refractivity contribution in [2.75, 3.05) is 7.05 Å². The Morgan fingerprint density at radius 1 is 1.48 bits per heavy atom. The number of aromatic nitrogens is 1. The van der Waals surface area contributed by atoms with Crippen LogP contribution in [0.3, 0.4) is 0 Å². The van der Waals surface area contributed by atoms with Gasteiger partial charge in [-0.2, -0.15) is 0 Å². The van der Waals surface area contributed by atoms with E-state index in [-0.39, 0.29) is 11.3 Å². The number of carboxylic acid groups (broad SMARTS) is 1. The molecule has 0 radical (unpaired) electrons. The molecule has 1 N–H and O–H groups in total. The molecule has 0 aliphatic rings. The predicted octanol–water partition coefficient (Wildman–Crippen LogP) is 2.38. The maximum atomic E-state index is 11.3. The van der Waals surface area contributed by atoms with Gasteiger partial charge in [-0.15, -0.1) is 11.3 Å². The fourth-order valence-electron chi connectivity index (χ4n) is 2.06. The van der Waals surface area contributed by atoms with E-state index in [2.05, 4.69) is 4.98 Å². The minimum atomic E-state index is -1.29. The van der Waals surface area contributed by atoms with Crippen molar-refractivity contribution in [1.29, 1.82) is 0 Å². The van der Waals surface area contributed by atoms with E-state index in [1.54, 1.807) is 11.6 Å². The molecule has 2 aromatic rings. The van der Waals surface area contributed by atoms with E-state index in [1.165, 1.54) is 23.5 Å². The van der Waals surface area contributed by atoms with Gasteiger partial charge in [0.1, 0.15) is 5.56 Å². The van der Waals surface area contributed by atoms with Crippen LogP contribution in [0.1, 0.15) is 21.6 Å². The molecule has 0 aliphatic heterocycles. The lowest BCUT2D eigenvalue weighted by Gasteiger charge is -2.16. The number of hydrogen-bond donors (Lipinski definition) is 1. The second-order valence-electron chi connectivity index (χ2n) is 4.53. The molecule has 0 amide bonds. The maximum Gasteiger partial charge on any atom is 0.343 e. The number of thiazole rings is 1. The Kier molecular flexibility index (Phi) is 4.61. The topological polar surface area (TPSA) is 96.6 Å². The van der Waals surface area contributed by atoms with Crippen LogP contribution in [0.15, 0.2) is 29.1 Å². The van der Waals surface area contributed by atoms with E-state index in [0.717, 1.165) is 5.69 Å². The van der Waals surface area contributed by atoms with Crippen LogP contribution in [0.2, 0.25) is 0 Å². The molecule has 2 rings (SSSR count). The summed E-state index contributed by atoms with van der Waals surface area (Å²) in [5.41, 5.74) is 2.37. The Labute approximate surface area is 124 Å². The van der Waals surface area contributed by atoms with Gasteiger partial charge in [0, 0.05) is 24.5 Å². The SMILES string of the molecule is CN(Cc1cscn1)Cc1cccc([N+](=O)[O-])c1C(=O)O. The van der Waals surface area contributed by atoms with Gasteiger partial charge in [-0.05, 0) is 12.6 Å². The molecule has 1 aromatic carbocycles. The minimum Gasteiger partial charge on any atom is -0.477 e. The average Bonchev–Trinajstić information content (AvgIpc) is 2.90. The molecular formula is C13H13N3O4S. The van der Waals surface area contributed by atoms with Crippen molar-refractivity contribution in [3.05, 3.63) is 56.0 Å². The lowest BCUT2D eigenvalue weighted by molar-refractivity contribution is -0.385. The first kappa shape index (κ1) is 15.1. The third-order valence-corrected chi connectivity index (χ3v) is 3.53. The quantitative estimate of drug-likeness (QED) is 0.650. The lowest BCUT2D eigenvalue weighted by Crippen LogP contribution is -2.20. The van der Waals surface area contributed by atoms with E-state index in [4.69, 9.17) is 0 Å². The molecule has 0 saturated carbocycles. The number of aromatic carboxylic acids is 1. The van der Waals surface area contributed by atoms with Crippen molar-refractivity contribution in [1.82, 2.24) is 9.88 Å². The summed E-state index contributed by atoms with van der Waals surface area (Å²) in [6.45, 7) is 0.839. The summed E-state index contributed by atoms with van der Waals surface area (Å²) in [5, 5.41) is 22.1. The van der Waals surface area contributed by atoms with Gasteiger partial charge in [-0.1, -0.05) is 12.1 Å². The van der Waals surface area contributed by atoms with Crippen molar-refractivity contribution >= 4 is 23.0 Å². The number of carboxylic acids is 1. The number of rotatable bonds is 6. The molecule has 8 heteroatoms. The van der Waals surface area contributed by atoms with Crippen molar-refractivity contribution in [3.8, 4) is 0 Å². The van der Waals surface area contributed by atoms with Crippen LogP contribution in [0.4, 0.5) is 5.69 Å². The van der Waals surface area contributed by atoms with Gasteiger partial charge in [0.2, 0.25) is 0 Å². The van der Waals surface area contributed by atoms with Gasteiger partial charge in [-0.3, -0.25) is 15.0 Å². The molecule has 0 fully saturated rings. The first-order valence-electron chi connectivity index (χ1n) is 6.04. The highest BCUT2D eigenvalue weighted by Crippen LogP contribution is 2.23. The highest BCUT2D eigenvalue weighted by Gasteiger charge is 2.23. The molecule has 0 bridgehead atoms. The van der Waals surface area contributed by atoms with Gasteiger partial charge >= 0.3 is 5.97 Å². The van der Waals surface area contributed by atoms with Crippen LogP contribution in [0.5, 0.6) is 0 Å². The number of nitro groups is 1. The zero-order chi connectivity index (χ0) is 15.4. The van der Waals surface area contributed by atoms with Crippen molar-refractivity contribution in [3.63, 3.8) is 0 Å². The highest BCUT2D eigenvalue weighted by atomic mass is 32.1. The van der Waals surface area contributed by atoms with E-state index >= 15 is 0 Å². The fourth-order valence-corrected chi connectivity index (χ4v) is 2.61. The summed E-state index contributed by atoms with van der Waals surface area (Å²) in [6.07, 6.45) is 0. The Balaban J connectivity index is 2.25. The van der Waals surface area contributed by atoms with Crippen molar-refractivity contribution in [2.45, 2.75) is 13.1 Å². The third kappa shape index (κ3) is 3.61. The summed E-state index contributed by atoms with van der Waals surface area (Å²) in [4.78, 5) is 27.6. The summed E-state index contributed by atoms with van der Waals surface area (Å²) in [7, 11) is 1.81. The van der Waals surface area contributed by atoms with Crippen LogP contribution in [0, 0.1) is 10.1 Å². The Morgan fingerprint density at radius 3 is 2.81 bits per heavy atom. The first-order valence-corrected chi connectivity index (χ1v) is 6.98. The van der Waals surface area contributed by atoms with Crippen LogP contribution in [-0.4, -0.2) is 32.9 Å². The lowest BCUT2D eigenvalue weighted by atomic mass is 10.0. The van der Waals surface area contributed by atoms with Crippen molar-refractivity contribution in [2.24, 2.45) is 0 Å². The second kappa shape index (κ2) is 6.42. The maximum absolute atomic E-state index is 11.3. The van der Waals surface area contributed by atoms with Gasteiger partial charge in [0.15, 0.2) is 0 Å². The predicted molar refractivity (Wildman–Crippen MR) is 77.3 cm³/mol. The Morgan fingerprint density at radius 2 is 2.24 bits per heavy atom. The number of carbonyl (C=O) groups is 1. The zero-order valence-electron chi connectivity index (χ0n) is 11.2. The van der Waals surface area contributed by atoms with Crippen LogP contribution in [0.25, 0.3) is 0 Å². The number of nitrogens with zero attached hydrogens (tertiary/aromatic N) is 3. The van der Waals surface area contributed by atoms with Crippen molar-refractivity contribution < 1.29 is 14.8 Å². The summed E-state index contributed by atoms with van der Waals surface area (Å²) >= 11 is 1.48. The van der Waals surface area contributed by atoms with Crippen LogP contribution >= 0.6 is 11.3 Å². The van der Waals surface area contributed by atoms with Gasteiger partial charge in [0.25, 0.3) is 5.69 Å². The smallest absolute Gasteiger partial charge is 0.343 e. The highest BCUT2D eigenvalue weighted by molar-refractivity contribution is 7.07. The standard InChI is InChI=1S/C13H13N3O4S/c1-15(6-10-7-21-8-14-10)5-9-3-2-4-11(16(19)20)12(9)13(17)18/h2-4,7-8H,5-6H2,1H3,(H,17,18).